The van der Waals surface area contributed by atoms with E-state index in [0.29, 0.717) is 25.6 Å². The topological polar surface area (TPSA) is 91.8 Å². The number of rotatable bonds is 8. The van der Waals surface area contributed by atoms with Gasteiger partial charge in [-0.15, -0.1) is 24.0 Å². The zero-order chi connectivity index (χ0) is 15.8. The molecule has 1 saturated heterocycles. The predicted octanol–water partition coefficient (Wildman–Crippen LogP) is 0.668. The number of aliphatic imine (C=N–C) groups is 1. The highest BCUT2D eigenvalue weighted by molar-refractivity contribution is 14.0. The number of nitrogens with zero attached hydrogens (tertiary/aromatic N) is 1. The quantitative estimate of drug-likeness (QED) is 0.220. The zero-order valence-corrected chi connectivity index (χ0v) is 16.8. The largest absolute Gasteiger partial charge is 0.373 e. The van der Waals surface area contributed by atoms with Gasteiger partial charge < -0.3 is 15.4 Å². The summed E-state index contributed by atoms with van der Waals surface area (Å²) in [4.78, 5) is 4.51. The van der Waals surface area contributed by atoms with E-state index in [2.05, 4.69) is 27.3 Å². The first-order valence-electron chi connectivity index (χ1n) is 7.54. The molecule has 0 bridgehead atoms. The summed E-state index contributed by atoms with van der Waals surface area (Å²) in [6.45, 7) is 8.66. The lowest BCUT2D eigenvalue weighted by Gasteiger charge is -2.21. The van der Waals surface area contributed by atoms with Crippen molar-refractivity contribution in [2.75, 3.05) is 38.5 Å². The summed E-state index contributed by atoms with van der Waals surface area (Å²) in [6, 6.07) is 0. The lowest BCUT2D eigenvalue weighted by atomic mass is 10.0. The Balaban J connectivity index is 0.00000441. The van der Waals surface area contributed by atoms with Crippen molar-refractivity contribution < 1.29 is 13.2 Å². The Morgan fingerprint density at radius 2 is 2.00 bits per heavy atom. The molecule has 0 spiro atoms. The van der Waals surface area contributed by atoms with E-state index in [4.69, 9.17) is 4.74 Å². The lowest BCUT2D eigenvalue weighted by molar-refractivity contribution is 0.0283. The van der Waals surface area contributed by atoms with E-state index >= 15 is 0 Å². The first-order valence-corrected chi connectivity index (χ1v) is 9.19. The molecule has 0 aliphatic carbocycles. The van der Waals surface area contributed by atoms with E-state index in [-0.39, 0.29) is 35.3 Å². The molecule has 1 rings (SSSR count). The monoisotopic (exact) mass is 448 g/mol. The minimum Gasteiger partial charge on any atom is -0.373 e. The molecule has 7 nitrogen and oxygen atoms in total. The number of halogens is 1. The highest BCUT2D eigenvalue weighted by Gasteiger charge is 2.29. The van der Waals surface area contributed by atoms with Crippen LogP contribution in [0.1, 0.15) is 33.6 Å². The Hall–Kier alpha value is -0.130. The summed E-state index contributed by atoms with van der Waals surface area (Å²) >= 11 is 0. The van der Waals surface area contributed by atoms with Crippen LogP contribution in [-0.4, -0.2) is 58.5 Å². The molecule has 0 aromatic carbocycles. The summed E-state index contributed by atoms with van der Waals surface area (Å²) in [6.07, 6.45) is 2.10. The van der Waals surface area contributed by atoms with Gasteiger partial charge in [-0.1, -0.05) is 0 Å². The summed E-state index contributed by atoms with van der Waals surface area (Å²) < 4.78 is 30.8. The molecule has 0 radical (unpaired) electrons. The van der Waals surface area contributed by atoms with Gasteiger partial charge in [0.1, 0.15) is 0 Å². The summed E-state index contributed by atoms with van der Waals surface area (Å²) in [5.74, 6) is 0.779. The molecule has 9 heteroatoms. The van der Waals surface area contributed by atoms with Gasteiger partial charge in [-0.05, 0) is 33.6 Å². The van der Waals surface area contributed by atoms with Gasteiger partial charge in [0.15, 0.2) is 5.96 Å². The highest BCUT2D eigenvalue weighted by atomic mass is 127. The van der Waals surface area contributed by atoms with Crippen molar-refractivity contribution in [1.29, 1.82) is 0 Å². The van der Waals surface area contributed by atoms with Crippen LogP contribution < -0.4 is 15.4 Å². The molecule has 0 aromatic rings. The van der Waals surface area contributed by atoms with E-state index in [9.17, 15) is 8.42 Å². The van der Waals surface area contributed by atoms with E-state index in [1.54, 1.807) is 6.92 Å². The van der Waals surface area contributed by atoms with Crippen molar-refractivity contribution in [2.24, 2.45) is 4.99 Å². The van der Waals surface area contributed by atoms with E-state index < -0.39 is 10.0 Å². The molecular formula is C13H29IN4O3S. The normalized spacial score (nSPS) is 22.2. The number of hydrogen-bond acceptors (Lipinski definition) is 4. The molecule has 1 atom stereocenters. The molecule has 0 aromatic heterocycles. The Kier molecular flexibility index (Phi) is 10.5. The molecule has 1 aliphatic heterocycles. The van der Waals surface area contributed by atoms with E-state index in [1.807, 2.05) is 6.92 Å². The molecule has 1 fully saturated rings. The number of nitrogens with one attached hydrogen (secondary N) is 3. The van der Waals surface area contributed by atoms with Crippen molar-refractivity contribution in [2.45, 2.75) is 39.2 Å². The van der Waals surface area contributed by atoms with E-state index in [0.717, 1.165) is 26.0 Å². The molecule has 1 unspecified atom stereocenters. The average molecular weight is 448 g/mol. The molecular weight excluding hydrogens is 419 g/mol. The predicted molar refractivity (Wildman–Crippen MR) is 100 cm³/mol. The fourth-order valence-corrected chi connectivity index (χ4v) is 2.66. The molecule has 1 heterocycles. The van der Waals surface area contributed by atoms with Gasteiger partial charge in [-0.25, -0.2) is 13.1 Å². The molecule has 3 N–H and O–H groups in total. The first kappa shape index (κ1) is 21.9. The van der Waals surface area contributed by atoms with Gasteiger partial charge in [0, 0.05) is 26.2 Å². The SMILES string of the molecule is CCNC(=NCC1(C)CCCO1)NCCNS(=O)(=O)CC.I. The van der Waals surface area contributed by atoms with Crippen molar-refractivity contribution >= 4 is 40.0 Å². The maximum atomic E-state index is 11.3. The van der Waals surface area contributed by atoms with Crippen LogP contribution in [0.5, 0.6) is 0 Å². The maximum absolute atomic E-state index is 11.3. The molecule has 0 saturated carbocycles. The van der Waals surface area contributed by atoms with Crippen molar-refractivity contribution in [3.05, 3.63) is 0 Å². The standard InChI is InChI=1S/C13H28N4O3S.HI/c1-4-14-12(15-8-9-17-21(18,19)5-2)16-11-13(3)7-6-10-20-13;/h17H,4-11H2,1-3H3,(H2,14,15,16);1H. The fraction of sp³-hybridized carbons (Fsp3) is 0.923. The highest BCUT2D eigenvalue weighted by Crippen LogP contribution is 2.24. The molecule has 132 valence electrons. The van der Waals surface area contributed by atoms with Crippen LogP contribution >= 0.6 is 24.0 Å². The number of guanidine groups is 1. The van der Waals surface area contributed by atoms with Crippen LogP contribution in [-0.2, 0) is 14.8 Å². The van der Waals surface area contributed by atoms with Crippen LogP contribution in [0.2, 0.25) is 0 Å². The van der Waals surface area contributed by atoms with Crippen LogP contribution in [0.15, 0.2) is 4.99 Å². The van der Waals surface area contributed by atoms with Gasteiger partial charge in [0.05, 0.1) is 17.9 Å². The first-order chi connectivity index (χ1) is 9.91. The van der Waals surface area contributed by atoms with Gasteiger partial charge in [0.2, 0.25) is 10.0 Å². The lowest BCUT2D eigenvalue weighted by Crippen LogP contribution is -2.42. The van der Waals surface area contributed by atoms with Crippen LogP contribution in [0.25, 0.3) is 0 Å². The summed E-state index contributed by atoms with van der Waals surface area (Å²) in [5, 5.41) is 6.26. The van der Waals surface area contributed by atoms with Crippen LogP contribution in [0, 0.1) is 0 Å². The second-order valence-corrected chi connectivity index (χ2v) is 7.42. The average Bonchev–Trinajstić information content (AvgIpc) is 2.88. The molecule has 1 aliphatic rings. The Bertz CT molecular complexity index is 437. The summed E-state index contributed by atoms with van der Waals surface area (Å²) in [5.41, 5.74) is -0.174. The third-order valence-corrected chi connectivity index (χ3v) is 4.74. The number of ether oxygens (including phenoxy) is 1. The van der Waals surface area contributed by atoms with Gasteiger partial charge in [-0.3, -0.25) is 4.99 Å². The second kappa shape index (κ2) is 10.6. The van der Waals surface area contributed by atoms with Crippen molar-refractivity contribution in [3.8, 4) is 0 Å². The minimum absolute atomic E-state index is 0. The number of hydrogen-bond donors (Lipinski definition) is 3. The third kappa shape index (κ3) is 8.49. The van der Waals surface area contributed by atoms with Crippen molar-refractivity contribution in [1.82, 2.24) is 15.4 Å². The number of sulfonamides is 1. The minimum atomic E-state index is -3.14. The van der Waals surface area contributed by atoms with Gasteiger partial charge in [0.25, 0.3) is 0 Å². The van der Waals surface area contributed by atoms with Gasteiger partial charge >= 0.3 is 0 Å². The Morgan fingerprint density at radius 3 is 2.55 bits per heavy atom. The van der Waals surface area contributed by atoms with Gasteiger partial charge in [-0.2, -0.15) is 0 Å². The van der Waals surface area contributed by atoms with E-state index in [1.165, 1.54) is 0 Å². The Morgan fingerprint density at radius 1 is 1.27 bits per heavy atom. The second-order valence-electron chi connectivity index (χ2n) is 5.32. The van der Waals surface area contributed by atoms with Crippen LogP contribution in [0.3, 0.4) is 0 Å². The molecule has 0 amide bonds. The van der Waals surface area contributed by atoms with Crippen LogP contribution in [0.4, 0.5) is 0 Å². The van der Waals surface area contributed by atoms with Crippen molar-refractivity contribution in [3.63, 3.8) is 0 Å². The maximum Gasteiger partial charge on any atom is 0.211 e. The smallest absolute Gasteiger partial charge is 0.211 e. The third-order valence-electron chi connectivity index (χ3n) is 3.34. The summed E-state index contributed by atoms with van der Waals surface area (Å²) in [7, 11) is -3.14. The fourth-order valence-electron chi connectivity index (χ4n) is 2.04. The zero-order valence-electron chi connectivity index (χ0n) is 13.6. The molecule has 22 heavy (non-hydrogen) atoms. The Labute approximate surface area is 151 Å².